The number of amides is 1. The lowest BCUT2D eigenvalue weighted by atomic mass is 10.1. The Hall–Kier alpha value is -3.28. The van der Waals surface area contributed by atoms with Crippen molar-refractivity contribution in [1.29, 1.82) is 0 Å². The van der Waals surface area contributed by atoms with Crippen LogP contribution in [-0.4, -0.2) is 36.5 Å². The molecule has 1 amide bonds. The topological polar surface area (TPSA) is 81.3 Å². The molecule has 2 aromatic carbocycles. The van der Waals surface area contributed by atoms with Crippen molar-refractivity contribution in [3.05, 3.63) is 71.9 Å². The molecule has 0 saturated carbocycles. The molecule has 3 rings (SSSR count). The number of para-hydroxylation sites is 1. The molecule has 3 aromatic rings. The van der Waals surface area contributed by atoms with Crippen LogP contribution in [-0.2, 0) is 17.8 Å². The fraction of sp³-hybridized carbons (Fsp3) is 0.304. The van der Waals surface area contributed by atoms with Crippen LogP contribution in [0.5, 0.6) is 0 Å². The number of hydrogen-bond acceptors (Lipinski definition) is 2. The molecule has 0 bridgehead atoms. The van der Waals surface area contributed by atoms with Gasteiger partial charge in [-0.3, -0.25) is 9.79 Å². The van der Waals surface area contributed by atoms with E-state index in [0.29, 0.717) is 19.5 Å². The van der Waals surface area contributed by atoms with E-state index in [1.165, 1.54) is 10.9 Å². The van der Waals surface area contributed by atoms with E-state index in [2.05, 4.69) is 50.3 Å². The van der Waals surface area contributed by atoms with Crippen molar-refractivity contribution in [2.75, 3.05) is 19.6 Å². The van der Waals surface area contributed by atoms with Crippen LogP contribution < -0.4 is 16.0 Å². The summed E-state index contributed by atoms with van der Waals surface area (Å²) >= 11 is 0. The van der Waals surface area contributed by atoms with Crippen LogP contribution in [0.3, 0.4) is 0 Å². The highest BCUT2D eigenvalue weighted by atomic mass is 16.1. The Morgan fingerprint density at radius 3 is 2.62 bits per heavy atom. The minimum atomic E-state index is 0.00671. The maximum atomic E-state index is 12.0. The van der Waals surface area contributed by atoms with Gasteiger partial charge in [-0.15, -0.1) is 0 Å². The molecule has 1 aromatic heterocycles. The van der Waals surface area contributed by atoms with Crippen molar-refractivity contribution >= 4 is 22.8 Å². The molecule has 0 aliphatic heterocycles. The number of benzene rings is 2. The first-order valence-corrected chi connectivity index (χ1v) is 10.1. The number of carbonyl (C=O) groups excluding carboxylic acids is 1. The number of fused-ring (bicyclic) bond motifs is 1. The van der Waals surface area contributed by atoms with Gasteiger partial charge in [0, 0.05) is 43.2 Å². The number of carbonyl (C=O) groups is 1. The van der Waals surface area contributed by atoms with Gasteiger partial charge in [0.15, 0.2) is 5.96 Å². The third-order valence-electron chi connectivity index (χ3n) is 4.65. The summed E-state index contributed by atoms with van der Waals surface area (Å²) in [6.45, 7) is 4.58. The molecule has 29 heavy (non-hydrogen) atoms. The lowest BCUT2D eigenvalue weighted by molar-refractivity contribution is -0.121. The van der Waals surface area contributed by atoms with Crippen molar-refractivity contribution in [2.45, 2.75) is 26.3 Å². The van der Waals surface area contributed by atoms with Gasteiger partial charge in [-0.25, -0.2) is 0 Å². The van der Waals surface area contributed by atoms with Gasteiger partial charge in [-0.05, 0) is 30.5 Å². The maximum absolute atomic E-state index is 12.0. The Bertz CT molecular complexity index is 933. The molecule has 0 saturated heterocycles. The van der Waals surface area contributed by atoms with Gasteiger partial charge < -0.3 is 20.9 Å². The van der Waals surface area contributed by atoms with Crippen LogP contribution in [0.25, 0.3) is 10.9 Å². The minimum absolute atomic E-state index is 0.00671. The van der Waals surface area contributed by atoms with Gasteiger partial charge in [-0.2, -0.15) is 0 Å². The van der Waals surface area contributed by atoms with Crippen LogP contribution in [0.15, 0.2) is 65.8 Å². The van der Waals surface area contributed by atoms with E-state index in [0.717, 1.165) is 36.6 Å². The number of nitrogens with zero attached hydrogens (tertiary/aromatic N) is 1. The van der Waals surface area contributed by atoms with Crippen LogP contribution in [0, 0.1) is 0 Å². The predicted octanol–water partition coefficient (Wildman–Crippen LogP) is 2.97. The Balaban J connectivity index is 1.42. The lowest BCUT2D eigenvalue weighted by Gasteiger charge is -2.11. The van der Waals surface area contributed by atoms with E-state index in [4.69, 9.17) is 0 Å². The number of hydrogen-bond donors (Lipinski definition) is 4. The molecule has 0 spiro atoms. The van der Waals surface area contributed by atoms with Crippen molar-refractivity contribution in [1.82, 2.24) is 20.9 Å². The van der Waals surface area contributed by atoms with E-state index in [-0.39, 0.29) is 5.91 Å². The minimum Gasteiger partial charge on any atom is -0.361 e. The first-order chi connectivity index (χ1) is 14.3. The summed E-state index contributed by atoms with van der Waals surface area (Å²) in [6, 6.07) is 18.2. The van der Waals surface area contributed by atoms with Crippen molar-refractivity contribution in [3.8, 4) is 0 Å². The summed E-state index contributed by atoms with van der Waals surface area (Å²) in [4.78, 5) is 19.8. The maximum Gasteiger partial charge on any atom is 0.222 e. The number of rotatable bonds is 9. The van der Waals surface area contributed by atoms with Gasteiger partial charge in [0.2, 0.25) is 5.91 Å². The predicted molar refractivity (Wildman–Crippen MR) is 119 cm³/mol. The Kier molecular flexibility index (Phi) is 7.69. The summed E-state index contributed by atoms with van der Waals surface area (Å²) in [6.07, 6.45) is 3.32. The second-order valence-corrected chi connectivity index (χ2v) is 6.81. The number of H-pyrrole nitrogens is 1. The average molecular weight is 392 g/mol. The molecule has 6 heteroatoms. The zero-order valence-electron chi connectivity index (χ0n) is 16.9. The molecular weight excluding hydrogens is 362 g/mol. The van der Waals surface area contributed by atoms with Crippen LogP contribution in [0.2, 0.25) is 0 Å². The van der Waals surface area contributed by atoms with E-state index in [9.17, 15) is 4.79 Å². The van der Waals surface area contributed by atoms with E-state index < -0.39 is 0 Å². The molecular formula is C23H29N5O. The molecule has 4 N–H and O–H groups in total. The third-order valence-corrected chi connectivity index (χ3v) is 4.65. The molecule has 1 heterocycles. The number of aromatic nitrogens is 1. The second kappa shape index (κ2) is 10.9. The van der Waals surface area contributed by atoms with Gasteiger partial charge in [-0.1, -0.05) is 48.5 Å². The van der Waals surface area contributed by atoms with E-state index >= 15 is 0 Å². The van der Waals surface area contributed by atoms with E-state index in [1.807, 2.05) is 43.3 Å². The highest BCUT2D eigenvalue weighted by molar-refractivity contribution is 5.83. The monoisotopic (exact) mass is 391 g/mol. The lowest BCUT2D eigenvalue weighted by Crippen LogP contribution is -2.38. The van der Waals surface area contributed by atoms with E-state index in [1.54, 1.807) is 0 Å². The van der Waals surface area contributed by atoms with Crippen LogP contribution >= 0.6 is 0 Å². The SMILES string of the molecule is CCNC(=NCCC(=O)NCc1ccccc1)NCCc1c[nH]c2ccccc12. The van der Waals surface area contributed by atoms with Gasteiger partial charge in [0.1, 0.15) is 0 Å². The molecule has 6 nitrogen and oxygen atoms in total. The summed E-state index contributed by atoms with van der Waals surface area (Å²) in [7, 11) is 0. The largest absolute Gasteiger partial charge is 0.361 e. The summed E-state index contributed by atoms with van der Waals surface area (Å²) in [5.41, 5.74) is 3.53. The molecule has 0 aliphatic rings. The summed E-state index contributed by atoms with van der Waals surface area (Å²) in [5.74, 6) is 0.746. The number of aliphatic imine (C=N–C) groups is 1. The zero-order valence-corrected chi connectivity index (χ0v) is 16.9. The van der Waals surface area contributed by atoms with Gasteiger partial charge in [0.25, 0.3) is 0 Å². The van der Waals surface area contributed by atoms with Crippen molar-refractivity contribution in [3.63, 3.8) is 0 Å². The first kappa shape index (κ1) is 20.5. The normalized spacial score (nSPS) is 11.4. The molecule has 0 fully saturated rings. The number of guanidine groups is 1. The quantitative estimate of drug-likeness (QED) is 0.334. The first-order valence-electron chi connectivity index (χ1n) is 10.1. The Labute approximate surface area is 171 Å². The Morgan fingerprint density at radius 1 is 1.00 bits per heavy atom. The molecule has 0 atom stereocenters. The Morgan fingerprint density at radius 2 is 1.79 bits per heavy atom. The highest BCUT2D eigenvalue weighted by Crippen LogP contribution is 2.17. The van der Waals surface area contributed by atoms with Crippen molar-refractivity contribution in [2.24, 2.45) is 4.99 Å². The summed E-state index contributed by atoms with van der Waals surface area (Å²) < 4.78 is 0. The standard InChI is InChI=1S/C23H29N5O/c1-2-24-23(25-14-12-19-17-27-21-11-7-6-10-20(19)21)26-15-13-22(29)28-16-18-8-4-3-5-9-18/h3-11,17,27H,2,12-16H2,1H3,(H,28,29)(H2,24,25,26). The second-order valence-electron chi connectivity index (χ2n) is 6.81. The number of nitrogens with one attached hydrogen (secondary N) is 4. The fourth-order valence-electron chi connectivity index (χ4n) is 3.15. The molecule has 0 aliphatic carbocycles. The fourth-order valence-corrected chi connectivity index (χ4v) is 3.15. The smallest absolute Gasteiger partial charge is 0.222 e. The number of aromatic amines is 1. The van der Waals surface area contributed by atoms with Crippen molar-refractivity contribution < 1.29 is 4.79 Å². The zero-order chi connectivity index (χ0) is 20.3. The molecule has 0 unspecified atom stereocenters. The molecule has 0 radical (unpaired) electrons. The van der Waals surface area contributed by atoms with Crippen LogP contribution in [0.1, 0.15) is 24.5 Å². The van der Waals surface area contributed by atoms with Gasteiger partial charge in [0.05, 0.1) is 6.54 Å². The summed E-state index contributed by atoms with van der Waals surface area (Å²) in [5, 5.41) is 10.8. The third kappa shape index (κ3) is 6.38. The van der Waals surface area contributed by atoms with Crippen LogP contribution in [0.4, 0.5) is 0 Å². The molecule has 152 valence electrons. The average Bonchev–Trinajstić information content (AvgIpc) is 3.16. The van der Waals surface area contributed by atoms with Gasteiger partial charge >= 0.3 is 0 Å². The highest BCUT2D eigenvalue weighted by Gasteiger charge is 2.04.